The van der Waals surface area contributed by atoms with Gasteiger partial charge in [-0.1, -0.05) is 43.6 Å². The molecule has 2 unspecified atom stereocenters. The van der Waals surface area contributed by atoms with Crippen molar-refractivity contribution in [1.29, 1.82) is 0 Å². The van der Waals surface area contributed by atoms with E-state index in [4.69, 9.17) is 17.3 Å². The smallest absolute Gasteiger partial charge is 0.217 e. The van der Waals surface area contributed by atoms with Gasteiger partial charge in [0.1, 0.15) is 0 Å². The van der Waals surface area contributed by atoms with Crippen LogP contribution >= 0.6 is 35.6 Å². The molecule has 29 heavy (non-hydrogen) atoms. The number of nitrogens with zero attached hydrogens (tertiary/aromatic N) is 3. The van der Waals surface area contributed by atoms with Crippen molar-refractivity contribution in [2.45, 2.75) is 39.2 Å². The fourth-order valence-electron chi connectivity index (χ4n) is 4.07. The molecule has 1 aliphatic heterocycles. The number of carbonyl (C=O) groups is 1. The normalized spacial score (nSPS) is 18.3. The monoisotopic (exact) mass is 535 g/mol. The van der Waals surface area contributed by atoms with Crippen LogP contribution in [-0.4, -0.2) is 61.4 Å². The van der Waals surface area contributed by atoms with E-state index < -0.39 is 0 Å². The number of benzene rings is 1. The van der Waals surface area contributed by atoms with E-state index in [0.29, 0.717) is 12.3 Å². The number of rotatable bonds is 8. The van der Waals surface area contributed by atoms with Crippen molar-refractivity contribution < 1.29 is 4.79 Å². The maximum absolute atomic E-state index is 11.3. The second-order valence-electron chi connectivity index (χ2n) is 7.31. The maximum Gasteiger partial charge on any atom is 0.217 e. The molecule has 1 aliphatic rings. The number of halogens is 2. The highest BCUT2D eigenvalue weighted by molar-refractivity contribution is 14.0. The van der Waals surface area contributed by atoms with Gasteiger partial charge in [-0.25, -0.2) is 0 Å². The van der Waals surface area contributed by atoms with Gasteiger partial charge >= 0.3 is 0 Å². The van der Waals surface area contributed by atoms with Crippen LogP contribution in [0.15, 0.2) is 29.3 Å². The zero-order valence-corrected chi connectivity index (χ0v) is 20.8. The fourth-order valence-corrected chi connectivity index (χ4v) is 4.34. The number of amides is 1. The number of primary amides is 1. The Morgan fingerprint density at radius 2 is 2.07 bits per heavy atom. The van der Waals surface area contributed by atoms with Crippen molar-refractivity contribution >= 4 is 47.4 Å². The molecular weight excluding hydrogens is 501 g/mol. The Kier molecular flexibility index (Phi) is 11.9. The van der Waals surface area contributed by atoms with Gasteiger partial charge in [0.25, 0.3) is 0 Å². The Morgan fingerprint density at radius 3 is 2.66 bits per heavy atom. The number of aliphatic imine (C=N–C) groups is 1. The van der Waals surface area contributed by atoms with Crippen molar-refractivity contribution in [2.75, 3.05) is 39.8 Å². The van der Waals surface area contributed by atoms with Crippen molar-refractivity contribution in [1.82, 2.24) is 15.1 Å². The first-order valence-corrected chi connectivity index (χ1v) is 10.6. The second kappa shape index (κ2) is 13.3. The highest BCUT2D eigenvalue weighted by Crippen LogP contribution is 2.27. The lowest BCUT2D eigenvalue weighted by atomic mass is 9.95. The van der Waals surface area contributed by atoms with Crippen molar-refractivity contribution in [2.24, 2.45) is 16.6 Å². The molecular formula is C21H35ClIN5O. The third-order valence-corrected chi connectivity index (χ3v) is 5.84. The summed E-state index contributed by atoms with van der Waals surface area (Å²) in [5.74, 6) is 0.945. The summed E-state index contributed by atoms with van der Waals surface area (Å²) in [5, 5.41) is 4.34. The van der Waals surface area contributed by atoms with Crippen LogP contribution in [0.5, 0.6) is 0 Å². The Morgan fingerprint density at radius 1 is 1.38 bits per heavy atom. The van der Waals surface area contributed by atoms with Gasteiger partial charge in [0.15, 0.2) is 5.96 Å². The van der Waals surface area contributed by atoms with Gasteiger partial charge in [0.2, 0.25) is 5.91 Å². The maximum atomic E-state index is 11.3. The SMILES string of the molecule is CCN(CC)C(CNC(=NC)N1CCCC(CC(N)=O)C1)c1ccccc1Cl.I. The summed E-state index contributed by atoms with van der Waals surface area (Å²) in [6.45, 7) is 8.69. The Balaban J connectivity index is 0.00000420. The largest absolute Gasteiger partial charge is 0.370 e. The number of hydrogen-bond acceptors (Lipinski definition) is 3. The van der Waals surface area contributed by atoms with Crippen LogP contribution in [-0.2, 0) is 4.79 Å². The molecule has 1 fully saturated rings. The van der Waals surface area contributed by atoms with Crippen LogP contribution in [0.25, 0.3) is 0 Å². The van der Waals surface area contributed by atoms with Gasteiger partial charge in [0, 0.05) is 38.1 Å². The van der Waals surface area contributed by atoms with Crippen LogP contribution in [0.1, 0.15) is 44.7 Å². The molecule has 0 saturated carbocycles. The number of nitrogens with two attached hydrogens (primary N) is 1. The van der Waals surface area contributed by atoms with Crippen LogP contribution in [0.3, 0.4) is 0 Å². The molecule has 2 rings (SSSR count). The Labute approximate surface area is 197 Å². The lowest BCUT2D eigenvalue weighted by Crippen LogP contribution is -2.49. The summed E-state index contributed by atoms with van der Waals surface area (Å²) in [4.78, 5) is 20.4. The van der Waals surface area contributed by atoms with Crippen LogP contribution in [0.4, 0.5) is 0 Å². The van der Waals surface area contributed by atoms with E-state index in [1.807, 2.05) is 25.2 Å². The van der Waals surface area contributed by atoms with Gasteiger partial charge in [-0.3, -0.25) is 14.7 Å². The summed E-state index contributed by atoms with van der Waals surface area (Å²) in [6.07, 6.45) is 2.52. The topological polar surface area (TPSA) is 74.0 Å². The van der Waals surface area contributed by atoms with Crippen molar-refractivity contribution in [3.8, 4) is 0 Å². The highest BCUT2D eigenvalue weighted by Gasteiger charge is 2.25. The van der Waals surface area contributed by atoms with Crippen molar-refractivity contribution in [3.05, 3.63) is 34.9 Å². The number of likely N-dealkylation sites (tertiary alicyclic amines) is 1. The van der Waals surface area contributed by atoms with E-state index in [-0.39, 0.29) is 35.9 Å². The van der Waals surface area contributed by atoms with Crippen LogP contribution in [0.2, 0.25) is 5.02 Å². The number of nitrogens with one attached hydrogen (secondary N) is 1. The molecule has 3 N–H and O–H groups in total. The van der Waals surface area contributed by atoms with Crippen LogP contribution < -0.4 is 11.1 Å². The minimum Gasteiger partial charge on any atom is -0.370 e. The number of guanidine groups is 1. The third kappa shape index (κ3) is 7.61. The van der Waals surface area contributed by atoms with Crippen molar-refractivity contribution in [3.63, 3.8) is 0 Å². The first-order valence-electron chi connectivity index (χ1n) is 10.2. The van der Waals surface area contributed by atoms with E-state index >= 15 is 0 Å². The summed E-state index contributed by atoms with van der Waals surface area (Å²) < 4.78 is 0. The fraction of sp³-hybridized carbons (Fsp3) is 0.619. The summed E-state index contributed by atoms with van der Waals surface area (Å²) in [6, 6.07) is 8.20. The predicted octanol–water partition coefficient (Wildman–Crippen LogP) is 3.50. The average Bonchev–Trinajstić information content (AvgIpc) is 2.68. The summed E-state index contributed by atoms with van der Waals surface area (Å²) >= 11 is 6.50. The number of likely N-dealkylation sites (N-methyl/N-ethyl adjacent to an activating group) is 1. The molecule has 1 aromatic rings. The molecule has 0 bridgehead atoms. The lowest BCUT2D eigenvalue weighted by molar-refractivity contribution is -0.119. The average molecular weight is 536 g/mol. The minimum atomic E-state index is -0.227. The van der Waals surface area contributed by atoms with E-state index in [9.17, 15) is 4.79 Å². The lowest BCUT2D eigenvalue weighted by Gasteiger charge is -2.36. The van der Waals surface area contributed by atoms with Gasteiger partial charge in [-0.15, -0.1) is 24.0 Å². The highest BCUT2D eigenvalue weighted by atomic mass is 127. The molecule has 8 heteroatoms. The van der Waals surface area contributed by atoms with Gasteiger partial charge in [0.05, 0.1) is 6.04 Å². The van der Waals surface area contributed by atoms with Crippen LogP contribution in [0, 0.1) is 5.92 Å². The Hall–Kier alpha value is -1.06. The zero-order chi connectivity index (χ0) is 20.5. The second-order valence-corrected chi connectivity index (χ2v) is 7.72. The molecule has 1 amide bonds. The predicted molar refractivity (Wildman–Crippen MR) is 132 cm³/mol. The molecule has 0 spiro atoms. The third-order valence-electron chi connectivity index (χ3n) is 5.49. The number of piperidine rings is 1. The van der Waals surface area contributed by atoms with Gasteiger partial charge < -0.3 is 16.0 Å². The molecule has 164 valence electrons. The van der Waals surface area contributed by atoms with E-state index in [0.717, 1.165) is 62.1 Å². The summed E-state index contributed by atoms with van der Waals surface area (Å²) in [7, 11) is 1.81. The van der Waals surface area contributed by atoms with Gasteiger partial charge in [-0.2, -0.15) is 0 Å². The molecule has 6 nitrogen and oxygen atoms in total. The quantitative estimate of drug-likeness (QED) is 0.304. The molecule has 0 radical (unpaired) electrons. The molecule has 1 heterocycles. The molecule has 0 aliphatic carbocycles. The van der Waals surface area contributed by atoms with E-state index in [2.05, 4.69) is 40.0 Å². The molecule has 1 saturated heterocycles. The first-order chi connectivity index (χ1) is 13.5. The van der Waals surface area contributed by atoms with E-state index in [1.165, 1.54) is 0 Å². The van der Waals surface area contributed by atoms with Gasteiger partial charge in [-0.05, 0) is 43.5 Å². The van der Waals surface area contributed by atoms with E-state index in [1.54, 1.807) is 0 Å². The molecule has 0 aromatic heterocycles. The first kappa shape index (κ1) is 26.0. The summed E-state index contributed by atoms with van der Waals surface area (Å²) in [5.41, 5.74) is 6.52. The minimum absolute atomic E-state index is 0. The zero-order valence-electron chi connectivity index (χ0n) is 17.7. The number of carbonyl (C=O) groups excluding carboxylic acids is 1. The Bertz CT molecular complexity index is 668. The standard InChI is InChI=1S/C21H34ClN5O.HI/c1-4-26(5-2)19(17-10-6-7-11-18(17)22)14-25-21(24-3)27-12-8-9-16(15-27)13-20(23)28;/h6-7,10-11,16,19H,4-5,8-9,12-15H2,1-3H3,(H2,23,28)(H,24,25);1H. The number of hydrogen-bond donors (Lipinski definition) is 2. The molecule has 2 atom stereocenters. The molecule has 1 aromatic carbocycles.